The summed E-state index contributed by atoms with van der Waals surface area (Å²) in [6, 6.07) is 4.25. The Kier molecular flexibility index (Phi) is 23.4. The largest absolute Gasteiger partial charge is 0.172 e. The van der Waals surface area contributed by atoms with Crippen molar-refractivity contribution >= 4 is 103 Å². The van der Waals surface area contributed by atoms with E-state index in [9.17, 15) is 0 Å². The van der Waals surface area contributed by atoms with Gasteiger partial charge in [0.1, 0.15) is 11.0 Å². The van der Waals surface area contributed by atoms with Gasteiger partial charge >= 0.3 is 0 Å². The summed E-state index contributed by atoms with van der Waals surface area (Å²) in [5, 5.41) is 8.52. The van der Waals surface area contributed by atoms with Gasteiger partial charge in [-0.1, -0.05) is 89.4 Å². The number of hydrogen-bond acceptors (Lipinski definition) is 3. The molecule has 1 aromatic carbocycles. The number of hydrogen-bond donors (Lipinski definition) is 0. The number of aromatic nitrogens is 2. The third-order valence-electron chi connectivity index (χ3n) is 2.89. The Morgan fingerprint density at radius 1 is 0.630 bits per heavy atom. The molecule has 0 amide bonds. The van der Waals surface area contributed by atoms with Crippen molar-refractivity contribution in [2.45, 2.75) is 44.6 Å². The maximum absolute atomic E-state index is 4.46. The van der Waals surface area contributed by atoms with Crippen molar-refractivity contribution in [3.8, 4) is 10.4 Å². The predicted molar refractivity (Wildman–Crippen MR) is 137 cm³/mol. The van der Waals surface area contributed by atoms with Gasteiger partial charge in [-0.2, -0.15) is 8.75 Å². The minimum atomic E-state index is 0. The average molecular weight is 632 g/mol. The van der Waals surface area contributed by atoms with E-state index in [-0.39, 0.29) is 92.4 Å². The monoisotopic (exact) mass is 634 g/mol. The van der Waals surface area contributed by atoms with Gasteiger partial charge in [0, 0.05) is 68.1 Å². The molecule has 2 aliphatic heterocycles. The molecule has 146 valence electrons. The molecule has 27 heavy (non-hydrogen) atoms. The van der Waals surface area contributed by atoms with Gasteiger partial charge in [-0.15, -0.1) is 0 Å². The van der Waals surface area contributed by atoms with Crippen molar-refractivity contribution in [1.29, 1.82) is 0 Å². The Morgan fingerprint density at radius 3 is 1.30 bits per heavy atom. The first kappa shape index (κ1) is 37.6. The number of allylic oxidation sites excluding steroid dienone is 2. The van der Waals surface area contributed by atoms with Crippen LogP contribution in [-0.2, 0) is 0 Å². The van der Waals surface area contributed by atoms with Crippen LogP contribution in [0.15, 0.2) is 36.4 Å². The van der Waals surface area contributed by atoms with Gasteiger partial charge in [-0.25, -0.2) is 0 Å². The molecule has 2 aliphatic rings. The van der Waals surface area contributed by atoms with Crippen LogP contribution in [0.5, 0.6) is 0 Å². The van der Waals surface area contributed by atoms with Gasteiger partial charge in [0.2, 0.25) is 0 Å². The van der Waals surface area contributed by atoms with Gasteiger partial charge in [0.15, 0.2) is 0 Å². The van der Waals surface area contributed by atoms with E-state index in [1.54, 1.807) is 22.3 Å². The second kappa shape index (κ2) is 16.8. The molecule has 0 saturated carbocycles. The third-order valence-corrected chi connectivity index (χ3v) is 5.08. The van der Waals surface area contributed by atoms with E-state index < -0.39 is 0 Å². The minimum absolute atomic E-state index is 0. The molecule has 0 spiro atoms. The molecule has 0 aliphatic carbocycles. The summed E-state index contributed by atoms with van der Waals surface area (Å²) < 4.78 is 8.93. The maximum Gasteiger partial charge on any atom is 0.114 e. The Bertz CT molecular complexity index is 948. The van der Waals surface area contributed by atoms with E-state index >= 15 is 0 Å². The molecule has 8 radical (unpaired) electrons. The van der Waals surface area contributed by atoms with Crippen LogP contribution in [0.25, 0.3) is 20.8 Å². The zero-order valence-corrected chi connectivity index (χ0v) is 18.7. The zero-order chi connectivity index (χ0) is 12.7. The molecule has 2 aromatic rings. The normalized spacial score (nSPS) is 15.0. The fourth-order valence-electron chi connectivity index (χ4n) is 2.04. The molecule has 1 aromatic heterocycles. The van der Waals surface area contributed by atoms with Gasteiger partial charge in [-0.05, 0) is 24.3 Å². The number of fused-ring (bicyclic) bond motifs is 1. The van der Waals surface area contributed by atoms with E-state index in [1.165, 1.54) is 21.5 Å². The van der Waals surface area contributed by atoms with Crippen LogP contribution in [0.3, 0.4) is 0 Å². The summed E-state index contributed by atoms with van der Waals surface area (Å²) in [5.74, 6) is 0. The third kappa shape index (κ3) is 7.31. The topological polar surface area (TPSA) is 25.8 Å². The smallest absolute Gasteiger partial charge is 0.114 e. The molecule has 0 saturated heterocycles. The van der Waals surface area contributed by atoms with Crippen LogP contribution in [0.1, 0.15) is 44.6 Å². The van der Waals surface area contributed by atoms with E-state index in [0.717, 1.165) is 21.5 Å². The van der Waals surface area contributed by atoms with Crippen LogP contribution in [0, 0.1) is 10.4 Å². The SMILES string of the molecule is C.C.C.C.C.C.C1#SC(=c2ccc(=C3C=CC#S3)c3nsnc23)C=C1.[Sn].[Sn]. The summed E-state index contributed by atoms with van der Waals surface area (Å²) >= 11 is 4.48. The molecular weight excluding hydrogens is 602 g/mol. The fraction of sp³-hybridized carbons (Fsp3) is 0.300. The quantitative estimate of drug-likeness (QED) is 0.360. The summed E-state index contributed by atoms with van der Waals surface area (Å²) in [4.78, 5) is 2.36. The molecule has 0 bridgehead atoms. The molecule has 7 heteroatoms. The number of nitrogens with zero attached hydrogens (tertiary/aromatic N) is 2. The van der Waals surface area contributed by atoms with E-state index in [1.807, 2.05) is 12.2 Å². The summed E-state index contributed by atoms with van der Waals surface area (Å²) in [6.45, 7) is 0. The Labute approximate surface area is 211 Å². The van der Waals surface area contributed by atoms with Gasteiger partial charge in [0.05, 0.1) is 11.7 Å². The molecule has 0 atom stereocenters. The van der Waals surface area contributed by atoms with E-state index in [2.05, 4.69) is 43.4 Å². The first-order valence-corrected chi connectivity index (χ1v) is 7.97. The molecule has 0 unspecified atom stereocenters. The first-order valence-electron chi connectivity index (χ1n) is 5.61. The molecule has 2 nitrogen and oxygen atoms in total. The van der Waals surface area contributed by atoms with Crippen LogP contribution < -0.4 is 10.4 Å². The maximum atomic E-state index is 4.46. The second-order valence-electron chi connectivity index (χ2n) is 3.96. The Balaban J connectivity index is -0.000000202. The second-order valence-corrected chi connectivity index (χ2v) is 6.24. The minimum Gasteiger partial charge on any atom is -0.172 e. The van der Waals surface area contributed by atoms with Crippen molar-refractivity contribution in [1.82, 2.24) is 8.75 Å². The van der Waals surface area contributed by atoms with Gasteiger partial charge in [-0.3, -0.25) is 0 Å². The van der Waals surface area contributed by atoms with E-state index in [0.29, 0.717) is 0 Å². The molecule has 3 heterocycles. The molecule has 4 rings (SSSR count). The van der Waals surface area contributed by atoms with Crippen LogP contribution in [-0.4, -0.2) is 56.6 Å². The van der Waals surface area contributed by atoms with Crippen molar-refractivity contribution < 1.29 is 0 Å². The summed E-state index contributed by atoms with van der Waals surface area (Å²) in [7, 11) is 0. The molecular formula is C20H30N2S3Sn2. The van der Waals surface area contributed by atoms with Crippen molar-refractivity contribution in [3.05, 3.63) is 46.9 Å². The molecule has 0 N–H and O–H groups in total. The Hall–Kier alpha value is -0.143. The standard InChI is InChI=1S/C14H6N2S3.6CH4.2Sn/c1-3-11(17-7-1)9-5-6-10(12-4-2-8-18-12)14-13(9)15-19-16-14;;;;;;;;/h1-6H;6*1H4;;. The zero-order valence-electron chi connectivity index (χ0n) is 10.6. The van der Waals surface area contributed by atoms with Crippen molar-refractivity contribution in [2.75, 3.05) is 0 Å². The van der Waals surface area contributed by atoms with Gasteiger partial charge in [0.25, 0.3) is 0 Å². The average Bonchev–Trinajstić information content (AvgIpc) is 3.19. The predicted octanol–water partition coefficient (Wildman–Crippen LogP) is 5.49. The first-order chi connectivity index (χ1) is 9.43. The van der Waals surface area contributed by atoms with Gasteiger partial charge < -0.3 is 0 Å². The Morgan fingerprint density at radius 2 is 1.00 bits per heavy atom. The summed E-state index contributed by atoms with van der Waals surface area (Å²) in [5.41, 5.74) is 1.96. The fourth-order valence-corrected chi connectivity index (χ4v) is 3.96. The molecule has 0 fully saturated rings. The number of rotatable bonds is 0. The number of benzene rings is 1. The van der Waals surface area contributed by atoms with Crippen LogP contribution in [0.4, 0.5) is 0 Å². The van der Waals surface area contributed by atoms with Crippen molar-refractivity contribution in [3.63, 3.8) is 0 Å². The van der Waals surface area contributed by atoms with Crippen LogP contribution in [0.2, 0.25) is 0 Å². The van der Waals surface area contributed by atoms with Crippen LogP contribution >= 0.6 is 34.1 Å². The van der Waals surface area contributed by atoms with E-state index in [4.69, 9.17) is 0 Å². The van der Waals surface area contributed by atoms with Crippen molar-refractivity contribution in [2.24, 2.45) is 0 Å². The summed E-state index contributed by atoms with van der Waals surface area (Å²) in [6.07, 6.45) is 8.01.